The average molecular weight is 484 g/mol. The summed E-state index contributed by atoms with van der Waals surface area (Å²) in [6, 6.07) is 24.5. The molecule has 0 bridgehead atoms. The molecule has 1 aliphatic rings. The van der Waals surface area contributed by atoms with Crippen LogP contribution in [0.1, 0.15) is 34.6 Å². The molecule has 0 unspecified atom stereocenters. The van der Waals surface area contributed by atoms with Gasteiger partial charge in [0.25, 0.3) is 5.91 Å². The largest absolute Gasteiger partial charge is 0.497 e. The molecule has 3 aromatic carbocycles. The molecule has 7 nitrogen and oxygen atoms in total. The number of hydrogen-bond donors (Lipinski definition) is 1. The zero-order valence-electron chi connectivity index (χ0n) is 20.4. The number of ether oxygens (including phenoxy) is 1. The van der Waals surface area contributed by atoms with Crippen LogP contribution in [0, 0.1) is 0 Å². The minimum atomic E-state index is -0.261. The first kappa shape index (κ1) is 23.6. The highest BCUT2D eigenvalue weighted by atomic mass is 16.5. The Hall–Kier alpha value is -4.10. The van der Waals surface area contributed by atoms with Crippen molar-refractivity contribution >= 4 is 28.5 Å². The smallest absolute Gasteiger partial charge is 0.255 e. The first-order valence-corrected chi connectivity index (χ1v) is 12.1. The second-order valence-electron chi connectivity index (χ2n) is 8.88. The van der Waals surface area contributed by atoms with E-state index in [-0.39, 0.29) is 17.9 Å². The summed E-state index contributed by atoms with van der Waals surface area (Å²) in [6.45, 7) is 4.23. The molecule has 0 spiro atoms. The van der Waals surface area contributed by atoms with Crippen molar-refractivity contribution in [2.75, 3.05) is 38.6 Å². The van der Waals surface area contributed by atoms with Crippen molar-refractivity contribution in [3.05, 3.63) is 95.7 Å². The monoisotopic (exact) mass is 483 g/mol. The molecule has 1 aliphatic heterocycles. The van der Waals surface area contributed by atoms with E-state index in [2.05, 4.69) is 10.2 Å². The van der Waals surface area contributed by atoms with Crippen molar-refractivity contribution in [3.8, 4) is 5.75 Å². The van der Waals surface area contributed by atoms with Gasteiger partial charge in [-0.1, -0.05) is 42.5 Å². The topological polar surface area (TPSA) is 75.0 Å². The molecular formula is C29H29N3O4. The number of furan rings is 1. The van der Waals surface area contributed by atoms with Crippen LogP contribution in [0.2, 0.25) is 0 Å². The molecule has 1 N–H and O–H groups in total. The summed E-state index contributed by atoms with van der Waals surface area (Å²) in [5.74, 6) is 1.32. The molecule has 0 aliphatic carbocycles. The van der Waals surface area contributed by atoms with Gasteiger partial charge in [-0.15, -0.1) is 0 Å². The Morgan fingerprint density at radius 1 is 0.889 bits per heavy atom. The Balaban J connectivity index is 1.59. The number of carbonyl (C=O) groups excluding carboxylic acids is 2. The zero-order valence-corrected chi connectivity index (χ0v) is 20.4. The second kappa shape index (κ2) is 10.3. The molecule has 5 rings (SSSR count). The van der Waals surface area contributed by atoms with Gasteiger partial charge in [-0.2, -0.15) is 0 Å². The first-order chi connectivity index (χ1) is 17.5. The highest BCUT2D eigenvalue weighted by Gasteiger charge is 2.33. The van der Waals surface area contributed by atoms with E-state index < -0.39 is 0 Å². The van der Waals surface area contributed by atoms with Gasteiger partial charge in [-0.25, -0.2) is 0 Å². The summed E-state index contributed by atoms with van der Waals surface area (Å²) in [4.78, 5) is 29.3. The van der Waals surface area contributed by atoms with Crippen molar-refractivity contribution in [1.29, 1.82) is 0 Å². The summed E-state index contributed by atoms with van der Waals surface area (Å²) in [7, 11) is 1.64. The third-order valence-corrected chi connectivity index (χ3v) is 6.70. The van der Waals surface area contributed by atoms with Crippen LogP contribution in [0.4, 0.5) is 5.69 Å². The van der Waals surface area contributed by atoms with Crippen LogP contribution in [-0.2, 0) is 4.79 Å². The number of hydrogen-bond acceptors (Lipinski definition) is 5. The molecule has 184 valence electrons. The molecule has 2 amide bonds. The number of methoxy groups -OCH3 is 1. The summed E-state index contributed by atoms with van der Waals surface area (Å²) in [5, 5.41) is 3.99. The van der Waals surface area contributed by atoms with E-state index in [4.69, 9.17) is 9.15 Å². The average Bonchev–Trinajstić information content (AvgIpc) is 3.27. The normalized spacial score (nSPS) is 15.0. The van der Waals surface area contributed by atoms with E-state index in [1.807, 2.05) is 71.6 Å². The van der Waals surface area contributed by atoms with Gasteiger partial charge in [0.15, 0.2) is 0 Å². The van der Waals surface area contributed by atoms with E-state index >= 15 is 0 Å². The van der Waals surface area contributed by atoms with E-state index in [0.29, 0.717) is 48.8 Å². The zero-order chi connectivity index (χ0) is 25.1. The molecule has 1 fully saturated rings. The highest BCUT2D eigenvalue weighted by molar-refractivity contribution is 6.09. The fourth-order valence-corrected chi connectivity index (χ4v) is 4.77. The predicted octanol–water partition coefficient (Wildman–Crippen LogP) is 4.95. The number of nitrogens with zero attached hydrogens (tertiary/aromatic N) is 2. The van der Waals surface area contributed by atoms with Gasteiger partial charge in [0.2, 0.25) is 5.91 Å². The van der Waals surface area contributed by atoms with Gasteiger partial charge in [-0.3, -0.25) is 14.5 Å². The number of rotatable bonds is 6. The van der Waals surface area contributed by atoms with Crippen LogP contribution in [0.25, 0.3) is 11.0 Å². The van der Waals surface area contributed by atoms with Crippen LogP contribution in [0.3, 0.4) is 0 Å². The Bertz CT molecular complexity index is 1360. The van der Waals surface area contributed by atoms with Gasteiger partial charge in [0.1, 0.15) is 17.1 Å². The highest BCUT2D eigenvalue weighted by Crippen LogP contribution is 2.41. The van der Waals surface area contributed by atoms with E-state index in [1.54, 1.807) is 26.2 Å². The molecule has 0 saturated carbocycles. The third-order valence-electron chi connectivity index (χ3n) is 6.70. The lowest BCUT2D eigenvalue weighted by Crippen LogP contribution is -2.49. The maximum absolute atomic E-state index is 13.2. The molecule has 4 aromatic rings. The summed E-state index contributed by atoms with van der Waals surface area (Å²) in [6.07, 6.45) is 0. The van der Waals surface area contributed by atoms with Gasteiger partial charge >= 0.3 is 0 Å². The number of nitrogens with one attached hydrogen (secondary N) is 1. The van der Waals surface area contributed by atoms with Crippen molar-refractivity contribution in [1.82, 2.24) is 9.80 Å². The first-order valence-electron chi connectivity index (χ1n) is 12.1. The molecule has 1 atom stereocenters. The maximum atomic E-state index is 13.2. The third kappa shape index (κ3) is 4.70. The van der Waals surface area contributed by atoms with Gasteiger partial charge < -0.3 is 19.4 Å². The number of para-hydroxylation sites is 1. The molecule has 36 heavy (non-hydrogen) atoms. The van der Waals surface area contributed by atoms with Gasteiger partial charge in [0.05, 0.1) is 18.8 Å². The molecule has 1 aromatic heterocycles. The van der Waals surface area contributed by atoms with Gasteiger partial charge in [-0.05, 0) is 42.0 Å². The van der Waals surface area contributed by atoms with E-state index in [9.17, 15) is 9.59 Å². The van der Waals surface area contributed by atoms with E-state index in [0.717, 1.165) is 16.7 Å². The number of piperazine rings is 1. The van der Waals surface area contributed by atoms with Crippen LogP contribution in [0.5, 0.6) is 5.75 Å². The molecule has 7 heteroatoms. The van der Waals surface area contributed by atoms with Crippen molar-refractivity contribution < 1.29 is 18.7 Å². The second-order valence-corrected chi connectivity index (χ2v) is 8.88. The fraction of sp³-hybridized carbons (Fsp3) is 0.241. The van der Waals surface area contributed by atoms with E-state index in [1.165, 1.54) is 0 Å². The van der Waals surface area contributed by atoms with Crippen LogP contribution < -0.4 is 10.1 Å². The molecule has 0 radical (unpaired) electrons. The Morgan fingerprint density at radius 2 is 1.56 bits per heavy atom. The van der Waals surface area contributed by atoms with Crippen molar-refractivity contribution in [2.24, 2.45) is 0 Å². The Morgan fingerprint density at radius 3 is 2.22 bits per heavy atom. The number of fused-ring (bicyclic) bond motifs is 1. The Labute approximate surface area is 210 Å². The van der Waals surface area contributed by atoms with Crippen molar-refractivity contribution in [2.45, 2.75) is 13.0 Å². The van der Waals surface area contributed by atoms with Gasteiger partial charge in [0, 0.05) is 44.1 Å². The number of amides is 2. The minimum Gasteiger partial charge on any atom is -0.497 e. The van der Waals surface area contributed by atoms with Crippen molar-refractivity contribution in [3.63, 3.8) is 0 Å². The SMILES string of the molecule is COc1ccc([C@@H](c2oc3ccccc3c2NC(=O)c2ccccc2)N2CCN(C(C)=O)CC2)cc1. The maximum Gasteiger partial charge on any atom is 0.255 e. The van der Waals surface area contributed by atoms with Crippen LogP contribution in [0.15, 0.2) is 83.3 Å². The molecule has 1 saturated heterocycles. The van der Waals surface area contributed by atoms with Crippen LogP contribution >= 0.6 is 0 Å². The van der Waals surface area contributed by atoms with Crippen LogP contribution in [-0.4, -0.2) is 54.9 Å². The minimum absolute atomic E-state index is 0.0789. The quantitative estimate of drug-likeness (QED) is 0.420. The number of carbonyl (C=O) groups is 2. The fourth-order valence-electron chi connectivity index (χ4n) is 4.77. The summed E-state index contributed by atoms with van der Waals surface area (Å²) in [5.41, 5.74) is 2.96. The molecule has 2 heterocycles. The lowest BCUT2D eigenvalue weighted by Gasteiger charge is -2.38. The Kier molecular flexibility index (Phi) is 6.73. The predicted molar refractivity (Wildman–Crippen MR) is 139 cm³/mol. The number of anilines is 1. The standard InChI is InChI=1S/C29H29N3O4/c1-20(33)31-16-18-32(19-17-31)27(21-12-14-23(35-2)15-13-21)28-26(24-10-6-7-11-25(24)36-28)30-29(34)22-8-4-3-5-9-22/h3-15,27H,16-19H2,1-2H3,(H,30,34)/t27-/m0/s1. The lowest BCUT2D eigenvalue weighted by atomic mass is 9.99. The number of benzene rings is 3. The lowest BCUT2D eigenvalue weighted by molar-refractivity contribution is -0.130. The molecular weight excluding hydrogens is 454 g/mol. The summed E-state index contributed by atoms with van der Waals surface area (Å²) >= 11 is 0. The summed E-state index contributed by atoms with van der Waals surface area (Å²) < 4.78 is 11.8.